The number of benzene rings is 3. The van der Waals surface area contributed by atoms with E-state index in [9.17, 15) is 19.8 Å². The Hall–Kier alpha value is -3.04. The van der Waals surface area contributed by atoms with Crippen molar-refractivity contribution in [1.29, 1.82) is 0 Å². The molecule has 1 amide bonds. The molecule has 0 saturated heterocycles. The van der Waals surface area contributed by atoms with Gasteiger partial charge < -0.3 is 30.1 Å². The maximum atomic E-state index is 12.5. The number of aliphatic hydroxyl groups is 2. The van der Waals surface area contributed by atoms with Crippen LogP contribution in [0.2, 0.25) is 10.0 Å². The van der Waals surface area contributed by atoms with Crippen molar-refractivity contribution >= 4 is 51.5 Å². The van der Waals surface area contributed by atoms with Gasteiger partial charge in [-0.1, -0.05) is 35.3 Å². The minimum atomic E-state index is -1.18. The van der Waals surface area contributed by atoms with Crippen LogP contribution in [0.25, 0.3) is 10.8 Å². The Balaban J connectivity index is 1.85. The van der Waals surface area contributed by atoms with Crippen LogP contribution in [0.4, 0.5) is 5.69 Å². The van der Waals surface area contributed by atoms with Gasteiger partial charge in [0.2, 0.25) is 0 Å². The van der Waals surface area contributed by atoms with Gasteiger partial charge in [0, 0.05) is 16.0 Å². The normalized spacial score (nSPS) is 10.8. The van der Waals surface area contributed by atoms with E-state index in [1.165, 1.54) is 18.2 Å². The van der Waals surface area contributed by atoms with E-state index in [-0.39, 0.29) is 47.6 Å². The highest BCUT2D eigenvalue weighted by Crippen LogP contribution is 2.36. The molecular formula is C22H19Cl2NO7. The Morgan fingerprint density at radius 2 is 1.81 bits per heavy atom. The number of fused-ring (bicyclic) bond motifs is 1. The number of amides is 1. The number of anilines is 1. The highest BCUT2D eigenvalue weighted by atomic mass is 35.5. The number of nitrogens with one attached hydrogen (secondary N) is 1. The zero-order valence-corrected chi connectivity index (χ0v) is 18.1. The summed E-state index contributed by atoms with van der Waals surface area (Å²) in [5.74, 6) is -1.40. The van der Waals surface area contributed by atoms with Crippen molar-refractivity contribution in [3.8, 4) is 11.5 Å². The monoisotopic (exact) mass is 479 g/mol. The number of aliphatic hydroxyl groups excluding tert-OH is 2. The van der Waals surface area contributed by atoms with E-state index in [0.29, 0.717) is 21.4 Å². The molecule has 3 aromatic rings. The van der Waals surface area contributed by atoms with Gasteiger partial charge in [0.05, 0.1) is 29.5 Å². The van der Waals surface area contributed by atoms with Gasteiger partial charge in [0.25, 0.3) is 5.91 Å². The first-order valence-electron chi connectivity index (χ1n) is 9.39. The van der Waals surface area contributed by atoms with Gasteiger partial charge in [-0.2, -0.15) is 0 Å². The Kier molecular flexibility index (Phi) is 7.76. The number of para-hydroxylation sites is 1. The molecule has 3 rings (SSSR count). The molecule has 0 heterocycles. The molecule has 0 bridgehead atoms. The van der Waals surface area contributed by atoms with Crippen LogP contribution in [0.5, 0.6) is 11.5 Å². The van der Waals surface area contributed by atoms with Gasteiger partial charge in [-0.25, -0.2) is 4.79 Å². The van der Waals surface area contributed by atoms with E-state index in [2.05, 4.69) is 5.32 Å². The maximum absolute atomic E-state index is 12.5. The first-order valence-corrected chi connectivity index (χ1v) is 10.1. The number of halogens is 2. The van der Waals surface area contributed by atoms with E-state index in [1.807, 2.05) is 0 Å². The Bertz CT molecular complexity index is 1170. The Morgan fingerprint density at radius 1 is 1.03 bits per heavy atom. The van der Waals surface area contributed by atoms with Crippen LogP contribution < -0.4 is 14.8 Å². The number of rotatable bonds is 9. The van der Waals surface area contributed by atoms with Crippen LogP contribution in [-0.4, -0.2) is 47.0 Å². The zero-order valence-electron chi connectivity index (χ0n) is 16.6. The Labute approximate surface area is 192 Å². The van der Waals surface area contributed by atoms with Gasteiger partial charge in [0.15, 0.2) is 6.61 Å². The Morgan fingerprint density at radius 3 is 2.50 bits per heavy atom. The summed E-state index contributed by atoms with van der Waals surface area (Å²) in [6.07, 6.45) is 0. The highest BCUT2D eigenvalue weighted by Gasteiger charge is 2.16. The topological polar surface area (TPSA) is 125 Å². The van der Waals surface area contributed by atoms with Crippen LogP contribution in [0.1, 0.15) is 15.9 Å². The van der Waals surface area contributed by atoms with Crippen molar-refractivity contribution in [2.24, 2.45) is 0 Å². The number of hydrogen-bond acceptors (Lipinski definition) is 6. The molecule has 4 N–H and O–H groups in total. The molecule has 3 aromatic carbocycles. The maximum Gasteiger partial charge on any atom is 0.335 e. The lowest BCUT2D eigenvalue weighted by atomic mass is 10.1. The van der Waals surface area contributed by atoms with Crippen LogP contribution in [-0.2, 0) is 11.4 Å². The number of ether oxygens (including phenoxy) is 2. The van der Waals surface area contributed by atoms with E-state index in [4.69, 9.17) is 37.8 Å². The SMILES string of the molecule is O=C(COc1cc(C(=O)O)cc2cc(Cl)cc(Cl)c12)Nc1cccc(CO)c1OCCO. The largest absolute Gasteiger partial charge is 0.489 e. The summed E-state index contributed by atoms with van der Waals surface area (Å²) in [4.78, 5) is 24.0. The van der Waals surface area contributed by atoms with E-state index < -0.39 is 18.5 Å². The third-order valence-electron chi connectivity index (χ3n) is 4.41. The van der Waals surface area contributed by atoms with Crippen molar-refractivity contribution in [1.82, 2.24) is 0 Å². The minimum Gasteiger partial charge on any atom is -0.489 e. The van der Waals surface area contributed by atoms with Crippen molar-refractivity contribution in [3.05, 3.63) is 63.6 Å². The molecule has 0 fully saturated rings. The van der Waals surface area contributed by atoms with E-state index >= 15 is 0 Å². The fourth-order valence-corrected chi connectivity index (χ4v) is 3.69. The molecule has 0 aliphatic carbocycles. The molecule has 0 spiro atoms. The van der Waals surface area contributed by atoms with Gasteiger partial charge in [-0.3, -0.25) is 4.79 Å². The molecule has 168 valence electrons. The van der Waals surface area contributed by atoms with Gasteiger partial charge in [0.1, 0.15) is 18.1 Å². The molecule has 0 aliphatic heterocycles. The van der Waals surface area contributed by atoms with E-state index in [1.54, 1.807) is 24.3 Å². The summed E-state index contributed by atoms with van der Waals surface area (Å²) in [6.45, 7) is -1.05. The third-order valence-corrected chi connectivity index (χ3v) is 4.93. The number of aromatic carboxylic acids is 1. The van der Waals surface area contributed by atoms with Crippen LogP contribution in [0.3, 0.4) is 0 Å². The van der Waals surface area contributed by atoms with E-state index in [0.717, 1.165) is 0 Å². The fourth-order valence-electron chi connectivity index (χ4n) is 3.08. The average Bonchev–Trinajstić information content (AvgIpc) is 2.75. The second-order valence-electron chi connectivity index (χ2n) is 6.63. The minimum absolute atomic E-state index is 0.0224. The number of carbonyl (C=O) groups is 2. The standard InChI is InChI=1S/C22H19Cl2NO7/c23-15-7-13-6-14(22(29)30)8-18(20(13)16(24)9-15)32-11-19(28)25-17-3-1-2-12(10-27)21(17)31-5-4-26/h1-3,6-9,26-27H,4-5,10-11H2,(H,25,28)(H,29,30). The molecule has 0 aromatic heterocycles. The third kappa shape index (κ3) is 5.41. The van der Waals surface area contributed by atoms with Gasteiger partial charge in [-0.15, -0.1) is 0 Å². The molecular weight excluding hydrogens is 461 g/mol. The summed E-state index contributed by atoms with van der Waals surface area (Å²) in [6, 6.07) is 10.5. The number of carbonyl (C=O) groups excluding carboxylic acids is 1. The quantitative estimate of drug-likeness (QED) is 0.368. The summed E-state index contributed by atoms with van der Waals surface area (Å²) in [7, 11) is 0. The second-order valence-corrected chi connectivity index (χ2v) is 7.47. The lowest BCUT2D eigenvalue weighted by molar-refractivity contribution is -0.118. The predicted molar refractivity (Wildman–Crippen MR) is 120 cm³/mol. The molecule has 8 nitrogen and oxygen atoms in total. The van der Waals surface area contributed by atoms with Crippen LogP contribution in [0, 0.1) is 0 Å². The predicted octanol–water partition coefficient (Wildman–Crippen LogP) is 3.73. The lowest BCUT2D eigenvalue weighted by Gasteiger charge is -2.16. The van der Waals surface area contributed by atoms with Crippen LogP contribution in [0.15, 0.2) is 42.5 Å². The lowest BCUT2D eigenvalue weighted by Crippen LogP contribution is -2.21. The molecule has 0 saturated carbocycles. The smallest absolute Gasteiger partial charge is 0.335 e. The number of carboxylic acid groups (broad SMARTS) is 1. The second kappa shape index (κ2) is 10.5. The zero-order chi connectivity index (χ0) is 23.3. The summed E-state index contributed by atoms with van der Waals surface area (Å²) < 4.78 is 11.0. The van der Waals surface area contributed by atoms with Crippen molar-refractivity contribution < 1.29 is 34.4 Å². The molecule has 32 heavy (non-hydrogen) atoms. The van der Waals surface area contributed by atoms with Gasteiger partial charge >= 0.3 is 5.97 Å². The summed E-state index contributed by atoms with van der Waals surface area (Å²) in [5.41, 5.74) is 0.662. The van der Waals surface area contributed by atoms with Crippen molar-refractivity contribution in [3.63, 3.8) is 0 Å². The molecule has 10 heteroatoms. The average molecular weight is 480 g/mol. The number of carboxylic acids is 1. The fraction of sp³-hybridized carbons (Fsp3) is 0.182. The van der Waals surface area contributed by atoms with Gasteiger partial charge in [-0.05, 0) is 35.7 Å². The first-order chi connectivity index (χ1) is 15.3. The summed E-state index contributed by atoms with van der Waals surface area (Å²) in [5, 5.41) is 31.9. The van der Waals surface area contributed by atoms with Crippen LogP contribution >= 0.6 is 23.2 Å². The van der Waals surface area contributed by atoms with Crippen molar-refractivity contribution in [2.45, 2.75) is 6.61 Å². The molecule has 0 unspecified atom stereocenters. The molecule has 0 radical (unpaired) electrons. The summed E-state index contributed by atoms with van der Waals surface area (Å²) >= 11 is 12.3. The number of hydrogen-bond donors (Lipinski definition) is 4. The van der Waals surface area contributed by atoms with Crippen molar-refractivity contribution in [2.75, 3.05) is 25.1 Å². The molecule has 0 aliphatic rings. The highest BCUT2D eigenvalue weighted by molar-refractivity contribution is 6.39. The molecule has 0 atom stereocenters. The first kappa shape index (κ1) is 23.6.